The van der Waals surface area contributed by atoms with Crippen LogP contribution in [-0.4, -0.2) is 5.71 Å². The third-order valence-electron chi connectivity index (χ3n) is 2.50. The van der Waals surface area contributed by atoms with Gasteiger partial charge in [-0.1, -0.05) is 37.3 Å². The van der Waals surface area contributed by atoms with E-state index in [2.05, 4.69) is 54.4 Å². The molecular weight excluding hydrogens is 182 g/mol. The second-order valence-electron chi connectivity index (χ2n) is 3.59. The largest absolute Gasteiger partial charge is 0.257 e. The van der Waals surface area contributed by atoms with Gasteiger partial charge in [0.1, 0.15) is 0 Å². The lowest BCUT2D eigenvalue weighted by molar-refractivity contribution is 1.14. The Morgan fingerprint density at radius 3 is 3.07 bits per heavy atom. The molecule has 0 saturated carbocycles. The second kappa shape index (κ2) is 4.74. The highest BCUT2D eigenvalue weighted by molar-refractivity contribution is 6.09. The van der Waals surface area contributed by atoms with Gasteiger partial charge < -0.3 is 0 Å². The van der Waals surface area contributed by atoms with E-state index < -0.39 is 0 Å². The number of rotatable bonds is 2. The average molecular weight is 197 g/mol. The lowest BCUT2D eigenvalue weighted by Crippen LogP contribution is -1.96. The molecule has 0 unspecified atom stereocenters. The summed E-state index contributed by atoms with van der Waals surface area (Å²) in [6.07, 6.45) is 10.2. The highest BCUT2D eigenvalue weighted by Crippen LogP contribution is 2.10. The molecule has 0 saturated heterocycles. The summed E-state index contributed by atoms with van der Waals surface area (Å²) in [5, 5.41) is 0. The van der Waals surface area contributed by atoms with Gasteiger partial charge in [0.05, 0.1) is 5.71 Å². The maximum absolute atomic E-state index is 4.42. The molecule has 0 aliphatic carbocycles. The van der Waals surface area contributed by atoms with Crippen LogP contribution in [-0.2, 0) is 6.42 Å². The van der Waals surface area contributed by atoms with E-state index >= 15 is 0 Å². The topological polar surface area (TPSA) is 12.4 Å². The first-order valence-corrected chi connectivity index (χ1v) is 5.39. The molecule has 1 aliphatic rings. The van der Waals surface area contributed by atoms with Gasteiger partial charge >= 0.3 is 0 Å². The van der Waals surface area contributed by atoms with Crippen molar-refractivity contribution >= 4 is 5.71 Å². The van der Waals surface area contributed by atoms with E-state index in [-0.39, 0.29) is 0 Å². The molecule has 0 amide bonds. The Bertz CT molecular complexity index is 425. The minimum Gasteiger partial charge on any atom is -0.257 e. The van der Waals surface area contributed by atoms with E-state index in [1.165, 1.54) is 11.1 Å². The molecule has 1 heteroatoms. The monoisotopic (exact) mass is 197 g/mol. The van der Waals surface area contributed by atoms with Crippen LogP contribution < -0.4 is 0 Å². The molecule has 1 aromatic rings. The fourth-order valence-electron chi connectivity index (χ4n) is 1.62. The molecule has 0 radical (unpaired) electrons. The molecule has 1 heterocycles. The molecule has 76 valence electrons. The summed E-state index contributed by atoms with van der Waals surface area (Å²) in [5.41, 5.74) is 3.62. The van der Waals surface area contributed by atoms with Crippen LogP contribution in [0.5, 0.6) is 0 Å². The zero-order valence-corrected chi connectivity index (χ0v) is 8.98. The van der Waals surface area contributed by atoms with Gasteiger partial charge in [0.2, 0.25) is 0 Å². The van der Waals surface area contributed by atoms with E-state index in [1.807, 2.05) is 6.20 Å². The maximum Gasteiger partial charge on any atom is 0.0698 e. The molecule has 0 bridgehead atoms. The predicted molar refractivity (Wildman–Crippen MR) is 65.3 cm³/mol. The van der Waals surface area contributed by atoms with Gasteiger partial charge in [-0.25, -0.2) is 0 Å². The number of hydrogen-bond donors (Lipinski definition) is 0. The molecule has 1 nitrogen and oxygen atoms in total. The van der Waals surface area contributed by atoms with E-state index in [1.54, 1.807) is 0 Å². The molecule has 0 fully saturated rings. The predicted octanol–water partition coefficient (Wildman–Crippen LogP) is 3.51. The van der Waals surface area contributed by atoms with Crippen molar-refractivity contribution in [2.45, 2.75) is 19.8 Å². The summed E-state index contributed by atoms with van der Waals surface area (Å²) in [6, 6.07) is 8.57. The molecule has 15 heavy (non-hydrogen) atoms. The van der Waals surface area contributed by atoms with Gasteiger partial charge in [0.25, 0.3) is 0 Å². The first-order chi connectivity index (χ1) is 7.40. The molecule has 2 rings (SSSR count). The quantitative estimate of drug-likeness (QED) is 0.688. The van der Waals surface area contributed by atoms with Crippen molar-refractivity contribution in [2.75, 3.05) is 0 Å². The zero-order valence-electron chi connectivity index (χ0n) is 8.98. The van der Waals surface area contributed by atoms with Crippen LogP contribution in [0.2, 0.25) is 0 Å². The van der Waals surface area contributed by atoms with Crippen molar-refractivity contribution in [3.8, 4) is 0 Å². The van der Waals surface area contributed by atoms with Crippen LogP contribution in [0, 0.1) is 0 Å². The summed E-state index contributed by atoms with van der Waals surface area (Å²) in [7, 11) is 0. The fraction of sp³-hybridized carbons (Fsp3) is 0.214. The summed E-state index contributed by atoms with van der Waals surface area (Å²) < 4.78 is 0. The third-order valence-corrected chi connectivity index (χ3v) is 2.50. The van der Waals surface area contributed by atoms with Crippen LogP contribution in [0.1, 0.15) is 24.5 Å². The van der Waals surface area contributed by atoms with Crippen LogP contribution in [0.25, 0.3) is 0 Å². The van der Waals surface area contributed by atoms with Crippen LogP contribution in [0.3, 0.4) is 0 Å². The van der Waals surface area contributed by atoms with Gasteiger partial charge in [-0.15, -0.1) is 0 Å². The van der Waals surface area contributed by atoms with Gasteiger partial charge in [-0.2, -0.15) is 0 Å². The van der Waals surface area contributed by atoms with Crippen molar-refractivity contribution in [1.29, 1.82) is 0 Å². The minimum absolute atomic E-state index is 0.973. The summed E-state index contributed by atoms with van der Waals surface area (Å²) >= 11 is 0. The Morgan fingerprint density at radius 2 is 2.20 bits per heavy atom. The van der Waals surface area contributed by atoms with Crippen molar-refractivity contribution in [1.82, 2.24) is 0 Å². The molecular formula is C14H15N. The number of nitrogens with zero attached hydrogens (tertiary/aromatic N) is 1. The molecule has 0 spiro atoms. The summed E-state index contributed by atoms with van der Waals surface area (Å²) in [4.78, 5) is 4.42. The van der Waals surface area contributed by atoms with Crippen LogP contribution in [0.4, 0.5) is 0 Å². The molecule has 1 aliphatic heterocycles. The molecule has 0 N–H and O–H groups in total. The summed E-state index contributed by atoms with van der Waals surface area (Å²) in [5.74, 6) is 0. The third kappa shape index (κ3) is 2.44. The highest BCUT2D eigenvalue weighted by atomic mass is 14.7. The Labute approximate surface area is 90.9 Å². The maximum atomic E-state index is 4.42. The Kier molecular flexibility index (Phi) is 3.13. The SMILES string of the molecule is CCc1cccc(C2=NC=CCC=C2)c1. The van der Waals surface area contributed by atoms with Crippen LogP contribution >= 0.6 is 0 Å². The second-order valence-corrected chi connectivity index (χ2v) is 3.59. The van der Waals surface area contributed by atoms with E-state index in [9.17, 15) is 0 Å². The Balaban J connectivity index is 2.35. The summed E-state index contributed by atoms with van der Waals surface area (Å²) in [6.45, 7) is 2.17. The van der Waals surface area contributed by atoms with Crippen molar-refractivity contribution < 1.29 is 0 Å². The fourth-order valence-corrected chi connectivity index (χ4v) is 1.62. The first kappa shape index (κ1) is 9.91. The number of hydrogen-bond acceptors (Lipinski definition) is 1. The van der Waals surface area contributed by atoms with Gasteiger partial charge in [-0.3, -0.25) is 4.99 Å². The highest BCUT2D eigenvalue weighted by Gasteiger charge is 2.00. The number of allylic oxidation sites excluding steroid dienone is 3. The smallest absolute Gasteiger partial charge is 0.0698 e. The molecule has 1 aromatic carbocycles. The van der Waals surface area contributed by atoms with Gasteiger partial charge in [0.15, 0.2) is 0 Å². The lowest BCUT2D eigenvalue weighted by Gasteiger charge is -2.02. The Hall–Kier alpha value is -1.63. The number of aryl methyl sites for hydroxylation is 1. The molecule has 0 atom stereocenters. The van der Waals surface area contributed by atoms with Crippen molar-refractivity contribution in [3.05, 3.63) is 59.8 Å². The average Bonchev–Trinajstić information content (AvgIpc) is 2.58. The Morgan fingerprint density at radius 1 is 1.27 bits per heavy atom. The first-order valence-electron chi connectivity index (χ1n) is 5.39. The molecule has 0 aromatic heterocycles. The standard InChI is InChI=1S/C14H15N/c1-2-12-7-6-8-13(11-12)14-9-4-3-5-10-15-14/h4-11H,2-3H2,1H3. The van der Waals surface area contributed by atoms with E-state index in [4.69, 9.17) is 0 Å². The van der Waals surface area contributed by atoms with Gasteiger partial charge in [-0.05, 0) is 30.5 Å². The van der Waals surface area contributed by atoms with E-state index in [0.29, 0.717) is 0 Å². The van der Waals surface area contributed by atoms with Crippen LogP contribution in [0.15, 0.2) is 53.7 Å². The van der Waals surface area contributed by atoms with Gasteiger partial charge in [0, 0.05) is 11.8 Å². The minimum atomic E-state index is 0.973. The lowest BCUT2D eigenvalue weighted by atomic mass is 10.0. The van der Waals surface area contributed by atoms with Crippen molar-refractivity contribution in [3.63, 3.8) is 0 Å². The normalized spacial score (nSPS) is 14.9. The zero-order chi connectivity index (χ0) is 10.5. The number of benzene rings is 1. The number of aliphatic imine (C=N–C) groups is 1. The van der Waals surface area contributed by atoms with E-state index in [0.717, 1.165) is 18.6 Å². The van der Waals surface area contributed by atoms with Crippen molar-refractivity contribution in [2.24, 2.45) is 4.99 Å².